The van der Waals surface area contributed by atoms with Gasteiger partial charge in [-0.25, -0.2) is 8.78 Å². The molecular formula is C18H27Cl2F2N3O2. The van der Waals surface area contributed by atoms with Gasteiger partial charge in [0.05, 0.1) is 5.54 Å². The third kappa shape index (κ3) is 5.29. The van der Waals surface area contributed by atoms with E-state index in [0.717, 1.165) is 6.07 Å². The van der Waals surface area contributed by atoms with Crippen LogP contribution in [-0.4, -0.2) is 60.6 Å². The Hall–Kier alpha value is -0.990. The van der Waals surface area contributed by atoms with Crippen LogP contribution in [0, 0.1) is 11.6 Å². The van der Waals surface area contributed by atoms with Crippen molar-refractivity contribution >= 4 is 30.7 Å². The van der Waals surface area contributed by atoms with Crippen molar-refractivity contribution in [2.45, 2.75) is 31.3 Å². The predicted octanol–water partition coefficient (Wildman–Crippen LogP) is 2.52. The van der Waals surface area contributed by atoms with Crippen molar-refractivity contribution in [1.29, 1.82) is 0 Å². The van der Waals surface area contributed by atoms with E-state index in [0.29, 0.717) is 57.8 Å². The zero-order chi connectivity index (χ0) is 18.0. The number of halogens is 4. The van der Waals surface area contributed by atoms with Crippen molar-refractivity contribution in [2.24, 2.45) is 5.73 Å². The molecule has 9 heteroatoms. The van der Waals surface area contributed by atoms with Gasteiger partial charge in [-0.05, 0) is 25.8 Å². The molecule has 3 rings (SSSR count). The second kappa shape index (κ2) is 9.98. The van der Waals surface area contributed by atoms with Gasteiger partial charge in [-0.15, -0.1) is 24.8 Å². The van der Waals surface area contributed by atoms with Crippen LogP contribution in [0.4, 0.5) is 8.78 Å². The van der Waals surface area contributed by atoms with Crippen molar-refractivity contribution in [3.05, 3.63) is 35.4 Å². The Morgan fingerprint density at radius 2 is 1.74 bits per heavy atom. The second-order valence-corrected chi connectivity index (χ2v) is 6.94. The Morgan fingerprint density at radius 1 is 1.15 bits per heavy atom. The minimum atomic E-state index is -0.824. The Labute approximate surface area is 171 Å². The summed E-state index contributed by atoms with van der Waals surface area (Å²) in [5.74, 6) is -1.13. The first-order valence-electron chi connectivity index (χ1n) is 8.76. The first kappa shape index (κ1) is 24.0. The highest BCUT2D eigenvalue weighted by Gasteiger charge is 2.40. The molecule has 1 unspecified atom stereocenters. The summed E-state index contributed by atoms with van der Waals surface area (Å²) in [5.41, 5.74) is 5.93. The monoisotopic (exact) mass is 425 g/mol. The molecule has 0 saturated carbocycles. The summed E-state index contributed by atoms with van der Waals surface area (Å²) in [6, 6.07) is 3.50. The molecule has 2 heterocycles. The van der Waals surface area contributed by atoms with E-state index in [9.17, 15) is 13.6 Å². The normalized spacial score (nSPS) is 21.0. The third-order valence-corrected chi connectivity index (χ3v) is 5.37. The maximum atomic E-state index is 14.0. The topological polar surface area (TPSA) is 58.8 Å². The van der Waals surface area contributed by atoms with Crippen LogP contribution in [0.2, 0.25) is 0 Å². The summed E-state index contributed by atoms with van der Waals surface area (Å²) in [7, 11) is 0. The number of ether oxygens (including phenoxy) is 1. The summed E-state index contributed by atoms with van der Waals surface area (Å²) < 4.78 is 32.4. The minimum Gasteiger partial charge on any atom is -0.381 e. The highest BCUT2D eigenvalue weighted by atomic mass is 35.5. The van der Waals surface area contributed by atoms with Crippen LogP contribution < -0.4 is 5.73 Å². The molecule has 1 aromatic carbocycles. The molecule has 2 saturated heterocycles. The lowest BCUT2D eigenvalue weighted by atomic mass is 9.89. The lowest BCUT2D eigenvalue weighted by Gasteiger charge is -2.42. The fourth-order valence-corrected chi connectivity index (χ4v) is 3.61. The fourth-order valence-electron chi connectivity index (χ4n) is 3.61. The highest BCUT2D eigenvalue weighted by Crippen LogP contribution is 2.26. The third-order valence-electron chi connectivity index (χ3n) is 5.37. The molecule has 0 bridgehead atoms. The van der Waals surface area contributed by atoms with Crippen LogP contribution in [0.15, 0.2) is 18.2 Å². The largest absolute Gasteiger partial charge is 0.381 e. The van der Waals surface area contributed by atoms with Gasteiger partial charge in [-0.1, -0.05) is 6.07 Å². The molecule has 0 aliphatic carbocycles. The summed E-state index contributed by atoms with van der Waals surface area (Å²) in [6.07, 6.45) is 1.09. The van der Waals surface area contributed by atoms with Crippen molar-refractivity contribution < 1.29 is 18.3 Å². The number of carbonyl (C=O) groups is 1. The molecule has 1 amide bonds. The molecule has 5 nitrogen and oxygen atoms in total. The smallest absolute Gasteiger partial charge is 0.242 e. The van der Waals surface area contributed by atoms with Gasteiger partial charge in [0.1, 0.15) is 11.6 Å². The quantitative estimate of drug-likeness (QED) is 0.807. The average molecular weight is 426 g/mol. The number of nitrogens with zero attached hydrogens (tertiary/aromatic N) is 2. The van der Waals surface area contributed by atoms with Gasteiger partial charge in [0.15, 0.2) is 0 Å². The molecule has 154 valence electrons. The van der Waals surface area contributed by atoms with E-state index >= 15 is 0 Å². The predicted molar refractivity (Wildman–Crippen MR) is 104 cm³/mol. The SMILES string of the molecule is CC(c1ccc(F)cc1F)N1CCN(C(=O)C2(N)CCOCC2)CC1.Cl.Cl. The van der Waals surface area contributed by atoms with Crippen molar-refractivity contribution in [3.8, 4) is 0 Å². The van der Waals surface area contributed by atoms with Crippen molar-refractivity contribution in [2.75, 3.05) is 39.4 Å². The Balaban J connectivity index is 0.00000182. The van der Waals surface area contributed by atoms with E-state index in [4.69, 9.17) is 10.5 Å². The molecule has 1 aromatic rings. The van der Waals surface area contributed by atoms with Crippen LogP contribution >= 0.6 is 24.8 Å². The summed E-state index contributed by atoms with van der Waals surface area (Å²) in [4.78, 5) is 16.6. The van der Waals surface area contributed by atoms with Crippen LogP contribution in [0.5, 0.6) is 0 Å². The standard InChI is InChI=1S/C18H25F2N3O2.2ClH/c1-13(15-3-2-14(19)12-16(15)20)22-6-8-23(9-7-22)17(24)18(21)4-10-25-11-5-18;;/h2-3,12-13H,4-11,21H2,1H3;2*1H. The van der Waals surface area contributed by atoms with E-state index in [1.165, 1.54) is 12.1 Å². The second-order valence-electron chi connectivity index (χ2n) is 6.94. The fraction of sp³-hybridized carbons (Fsp3) is 0.611. The van der Waals surface area contributed by atoms with Gasteiger partial charge in [0.2, 0.25) is 5.91 Å². The number of hydrogen-bond donors (Lipinski definition) is 1. The van der Waals surface area contributed by atoms with Crippen molar-refractivity contribution in [3.63, 3.8) is 0 Å². The van der Waals surface area contributed by atoms with E-state index in [1.54, 1.807) is 4.90 Å². The summed E-state index contributed by atoms with van der Waals surface area (Å²) in [6.45, 7) is 5.33. The maximum absolute atomic E-state index is 14.0. The summed E-state index contributed by atoms with van der Waals surface area (Å²) in [5, 5.41) is 0. The lowest BCUT2D eigenvalue weighted by Crippen LogP contribution is -2.61. The molecule has 2 aliphatic heterocycles. The molecule has 2 fully saturated rings. The highest BCUT2D eigenvalue weighted by molar-refractivity contribution is 5.86. The maximum Gasteiger partial charge on any atom is 0.242 e. The molecule has 2 N–H and O–H groups in total. The van der Waals surface area contributed by atoms with Gasteiger partial charge in [0, 0.05) is 57.1 Å². The zero-order valence-electron chi connectivity index (χ0n) is 15.3. The zero-order valence-corrected chi connectivity index (χ0v) is 17.0. The van der Waals surface area contributed by atoms with Crippen LogP contribution in [-0.2, 0) is 9.53 Å². The average Bonchev–Trinajstić information content (AvgIpc) is 2.61. The number of nitrogens with two attached hydrogens (primary N) is 1. The first-order valence-corrected chi connectivity index (χ1v) is 8.76. The Kier molecular flexibility index (Phi) is 8.89. The van der Waals surface area contributed by atoms with E-state index in [2.05, 4.69) is 4.90 Å². The molecule has 0 aromatic heterocycles. The molecular weight excluding hydrogens is 399 g/mol. The Morgan fingerprint density at radius 3 is 2.30 bits per heavy atom. The van der Waals surface area contributed by atoms with Crippen molar-refractivity contribution in [1.82, 2.24) is 9.80 Å². The molecule has 1 atom stereocenters. The van der Waals surface area contributed by atoms with Gasteiger partial charge < -0.3 is 15.4 Å². The van der Waals surface area contributed by atoms with E-state index in [1.807, 2.05) is 6.92 Å². The van der Waals surface area contributed by atoms with E-state index < -0.39 is 17.2 Å². The molecule has 2 aliphatic rings. The minimum absolute atomic E-state index is 0. The van der Waals surface area contributed by atoms with Crippen LogP contribution in [0.25, 0.3) is 0 Å². The van der Waals surface area contributed by atoms with Gasteiger partial charge in [-0.2, -0.15) is 0 Å². The number of rotatable bonds is 3. The van der Waals surface area contributed by atoms with Gasteiger partial charge in [0.25, 0.3) is 0 Å². The van der Waals surface area contributed by atoms with E-state index in [-0.39, 0.29) is 36.8 Å². The van der Waals surface area contributed by atoms with Gasteiger partial charge >= 0.3 is 0 Å². The number of carbonyl (C=O) groups excluding carboxylic acids is 1. The number of amides is 1. The van der Waals surface area contributed by atoms with Gasteiger partial charge in [-0.3, -0.25) is 9.69 Å². The van der Waals surface area contributed by atoms with Crippen LogP contribution in [0.3, 0.4) is 0 Å². The first-order chi connectivity index (χ1) is 11.9. The Bertz CT molecular complexity index is 637. The number of hydrogen-bond acceptors (Lipinski definition) is 4. The lowest BCUT2D eigenvalue weighted by molar-refractivity contribution is -0.142. The molecule has 27 heavy (non-hydrogen) atoms. The molecule has 0 spiro atoms. The summed E-state index contributed by atoms with van der Waals surface area (Å²) >= 11 is 0. The number of piperazine rings is 1. The van der Waals surface area contributed by atoms with Crippen LogP contribution in [0.1, 0.15) is 31.4 Å². The number of benzene rings is 1. The molecule has 0 radical (unpaired) electrons.